The molecule has 2 amide bonds. The minimum Gasteiger partial charge on any atom is -0.494 e. The van der Waals surface area contributed by atoms with Crippen molar-refractivity contribution in [2.24, 2.45) is 0 Å². The maximum absolute atomic E-state index is 12.4. The highest BCUT2D eigenvalue weighted by Gasteiger charge is 2.21. The van der Waals surface area contributed by atoms with Crippen molar-refractivity contribution in [3.05, 3.63) is 60.4 Å². The van der Waals surface area contributed by atoms with Crippen LogP contribution in [0.15, 0.2) is 63.9 Å². The van der Waals surface area contributed by atoms with Crippen LogP contribution < -0.4 is 9.46 Å². The van der Waals surface area contributed by atoms with Crippen LogP contribution >= 0.6 is 0 Å². The van der Waals surface area contributed by atoms with Crippen LogP contribution in [0.1, 0.15) is 12.7 Å². The van der Waals surface area contributed by atoms with Gasteiger partial charge in [-0.15, -0.1) is 0 Å². The van der Waals surface area contributed by atoms with Crippen molar-refractivity contribution in [2.45, 2.75) is 18.4 Å². The summed E-state index contributed by atoms with van der Waals surface area (Å²) in [7, 11) is -2.48. The summed E-state index contributed by atoms with van der Waals surface area (Å²) in [6.45, 7) is 2.46. The number of urea groups is 1. The average molecular weight is 388 g/mol. The fourth-order valence-electron chi connectivity index (χ4n) is 2.55. The summed E-state index contributed by atoms with van der Waals surface area (Å²) >= 11 is 0. The lowest BCUT2D eigenvalue weighted by atomic mass is 10.2. The number of furan rings is 1. The molecular weight excluding hydrogens is 368 g/mol. The van der Waals surface area contributed by atoms with Crippen molar-refractivity contribution in [3.63, 3.8) is 0 Å². The topological polar surface area (TPSA) is 88.8 Å². The number of hydrogen-bond acceptors (Lipinski definition) is 5. The van der Waals surface area contributed by atoms with Gasteiger partial charge in [0.1, 0.15) is 17.1 Å². The van der Waals surface area contributed by atoms with Crippen molar-refractivity contribution in [3.8, 4) is 5.75 Å². The standard InChI is InChI=1S/C19H20N2O5S/c1-3-25-15-8-10-17(11-9-15)27(23,24)20-19(22)21(2)13-16-12-14-6-4-5-7-18(14)26-16/h4-12H,3,13H2,1-2H3,(H,20,22). The number of amides is 2. The summed E-state index contributed by atoms with van der Waals surface area (Å²) in [4.78, 5) is 13.5. The highest BCUT2D eigenvalue weighted by Crippen LogP contribution is 2.20. The molecule has 142 valence electrons. The number of nitrogens with one attached hydrogen (secondary N) is 1. The third kappa shape index (κ3) is 4.40. The van der Waals surface area contributed by atoms with Crippen LogP contribution in [-0.4, -0.2) is 33.0 Å². The maximum Gasteiger partial charge on any atom is 0.331 e. The van der Waals surface area contributed by atoms with E-state index in [1.54, 1.807) is 12.1 Å². The first kappa shape index (κ1) is 18.8. The molecule has 0 bridgehead atoms. The summed E-state index contributed by atoms with van der Waals surface area (Å²) in [5.74, 6) is 1.12. The van der Waals surface area contributed by atoms with E-state index >= 15 is 0 Å². The summed E-state index contributed by atoms with van der Waals surface area (Å²) in [6.07, 6.45) is 0. The maximum atomic E-state index is 12.4. The van der Waals surface area contributed by atoms with E-state index in [4.69, 9.17) is 9.15 Å². The molecule has 7 nitrogen and oxygen atoms in total. The molecule has 3 aromatic rings. The van der Waals surface area contributed by atoms with Gasteiger partial charge in [-0.1, -0.05) is 18.2 Å². The smallest absolute Gasteiger partial charge is 0.331 e. The van der Waals surface area contributed by atoms with Gasteiger partial charge < -0.3 is 14.1 Å². The molecule has 8 heteroatoms. The Kier molecular flexibility index (Phi) is 5.36. The minimum atomic E-state index is -3.98. The van der Waals surface area contributed by atoms with E-state index in [1.807, 2.05) is 37.3 Å². The Labute approximate surface area is 157 Å². The molecule has 0 unspecified atom stereocenters. The van der Waals surface area contributed by atoms with Gasteiger partial charge in [0.25, 0.3) is 10.0 Å². The summed E-state index contributed by atoms with van der Waals surface area (Å²) in [5.41, 5.74) is 0.711. The second-order valence-corrected chi connectivity index (χ2v) is 7.60. The number of nitrogens with zero attached hydrogens (tertiary/aromatic N) is 1. The van der Waals surface area contributed by atoms with Crippen LogP contribution in [0.4, 0.5) is 4.79 Å². The number of hydrogen-bond donors (Lipinski definition) is 1. The summed E-state index contributed by atoms with van der Waals surface area (Å²) in [5, 5.41) is 0.920. The van der Waals surface area contributed by atoms with E-state index in [9.17, 15) is 13.2 Å². The molecule has 1 N–H and O–H groups in total. The number of rotatable bonds is 6. The number of carbonyl (C=O) groups excluding carboxylic acids is 1. The molecule has 0 saturated heterocycles. The van der Waals surface area contributed by atoms with Gasteiger partial charge in [-0.3, -0.25) is 0 Å². The number of sulfonamides is 1. The highest BCUT2D eigenvalue weighted by molar-refractivity contribution is 7.90. The molecule has 0 saturated carbocycles. The zero-order valence-electron chi connectivity index (χ0n) is 15.0. The monoisotopic (exact) mass is 388 g/mol. The quantitative estimate of drug-likeness (QED) is 0.699. The average Bonchev–Trinajstić information content (AvgIpc) is 3.04. The first-order valence-electron chi connectivity index (χ1n) is 8.37. The van der Waals surface area contributed by atoms with E-state index < -0.39 is 16.1 Å². The zero-order valence-corrected chi connectivity index (χ0v) is 15.8. The lowest BCUT2D eigenvalue weighted by Gasteiger charge is -2.16. The van der Waals surface area contributed by atoms with Crippen LogP contribution in [0.5, 0.6) is 5.75 Å². The molecule has 0 aliphatic heterocycles. The summed E-state index contributed by atoms with van der Waals surface area (Å²) < 4.78 is 37.8. The molecule has 0 radical (unpaired) electrons. The zero-order chi connectivity index (χ0) is 19.4. The fourth-order valence-corrected chi connectivity index (χ4v) is 3.55. The Bertz CT molecular complexity index is 1010. The first-order valence-corrected chi connectivity index (χ1v) is 9.85. The van der Waals surface area contributed by atoms with Gasteiger partial charge in [-0.05, 0) is 43.3 Å². The minimum absolute atomic E-state index is 0.0172. The number of ether oxygens (including phenoxy) is 1. The van der Waals surface area contributed by atoms with Crippen molar-refractivity contribution in [2.75, 3.05) is 13.7 Å². The predicted molar refractivity (Wildman–Crippen MR) is 101 cm³/mol. The molecule has 0 spiro atoms. The van der Waals surface area contributed by atoms with E-state index in [1.165, 1.54) is 24.1 Å². The van der Waals surface area contributed by atoms with Crippen LogP contribution in [0.3, 0.4) is 0 Å². The van der Waals surface area contributed by atoms with Gasteiger partial charge in [0.15, 0.2) is 0 Å². The Morgan fingerprint density at radius 1 is 1.15 bits per heavy atom. The normalized spacial score (nSPS) is 11.3. The first-order chi connectivity index (χ1) is 12.9. The molecular formula is C19H20N2O5S. The van der Waals surface area contributed by atoms with Crippen LogP contribution in [0, 0.1) is 0 Å². The lowest BCUT2D eigenvalue weighted by molar-refractivity contribution is 0.209. The van der Waals surface area contributed by atoms with E-state index in [-0.39, 0.29) is 11.4 Å². The Balaban J connectivity index is 1.67. The third-order valence-electron chi connectivity index (χ3n) is 3.88. The SMILES string of the molecule is CCOc1ccc(S(=O)(=O)NC(=O)N(C)Cc2cc3ccccc3o2)cc1. The van der Waals surface area contributed by atoms with Crippen molar-refractivity contribution < 1.29 is 22.4 Å². The second kappa shape index (κ2) is 7.71. The molecule has 27 heavy (non-hydrogen) atoms. The molecule has 2 aromatic carbocycles. The molecule has 1 heterocycles. The van der Waals surface area contributed by atoms with E-state index in [0.29, 0.717) is 23.7 Å². The molecule has 1 aromatic heterocycles. The van der Waals surface area contributed by atoms with E-state index in [2.05, 4.69) is 4.72 Å². The Morgan fingerprint density at radius 3 is 2.52 bits per heavy atom. The van der Waals surface area contributed by atoms with Crippen molar-refractivity contribution in [1.29, 1.82) is 0 Å². The van der Waals surface area contributed by atoms with Gasteiger partial charge in [-0.2, -0.15) is 0 Å². The molecule has 3 rings (SSSR count). The number of benzene rings is 2. The van der Waals surface area contributed by atoms with Gasteiger partial charge in [0.05, 0.1) is 18.0 Å². The molecule has 0 fully saturated rings. The van der Waals surface area contributed by atoms with Gasteiger partial charge in [0, 0.05) is 12.4 Å². The van der Waals surface area contributed by atoms with Gasteiger partial charge in [-0.25, -0.2) is 17.9 Å². The van der Waals surface area contributed by atoms with Crippen LogP contribution in [0.2, 0.25) is 0 Å². The second-order valence-electron chi connectivity index (χ2n) is 5.92. The Hall–Kier alpha value is -3.00. The number of carbonyl (C=O) groups is 1. The fraction of sp³-hybridized carbons (Fsp3) is 0.211. The molecule has 0 aliphatic rings. The summed E-state index contributed by atoms with van der Waals surface area (Å²) in [6, 6.07) is 14.4. The number of para-hydroxylation sites is 1. The lowest BCUT2D eigenvalue weighted by Crippen LogP contribution is -2.40. The van der Waals surface area contributed by atoms with Crippen LogP contribution in [-0.2, 0) is 16.6 Å². The highest BCUT2D eigenvalue weighted by atomic mass is 32.2. The van der Waals surface area contributed by atoms with Gasteiger partial charge >= 0.3 is 6.03 Å². The number of fused-ring (bicyclic) bond motifs is 1. The van der Waals surface area contributed by atoms with E-state index in [0.717, 1.165) is 5.39 Å². The van der Waals surface area contributed by atoms with Crippen molar-refractivity contribution in [1.82, 2.24) is 9.62 Å². The Morgan fingerprint density at radius 2 is 1.85 bits per heavy atom. The van der Waals surface area contributed by atoms with Crippen molar-refractivity contribution >= 4 is 27.0 Å². The third-order valence-corrected chi connectivity index (χ3v) is 5.22. The predicted octanol–water partition coefficient (Wildman–Crippen LogP) is 3.36. The van der Waals surface area contributed by atoms with Gasteiger partial charge in [0.2, 0.25) is 0 Å². The van der Waals surface area contributed by atoms with Crippen LogP contribution in [0.25, 0.3) is 11.0 Å². The molecule has 0 atom stereocenters. The molecule has 0 aliphatic carbocycles. The largest absolute Gasteiger partial charge is 0.494 e.